The lowest BCUT2D eigenvalue weighted by atomic mass is 10.0. The van der Waals surface area contributed by atoms with Gasteiger partial charge in [0.15, 0.2) is 6.29 Å². The van der Waals surface area contributed by atoms with E-state index < -0.39 is 6.29 Å². The minimum Gasteiger partial charge on any atom is -0.376 e. The summed E-state index contributed by atoms with van der Waals surface area (Å²) >= 11 is 0. The number of aliphatic hydroxyl groups is 1. The predicted molar refractivity (Wildman–Crippen MR) is 208 cm³/mol. The van der Waals surface area contributed by atoms with Gasteiger partial charge in [-0.2, -0.15) is 0 Å². The topological polar surface area (TPSA) is 57.2 Å². The molecule has 48 heavy (non-hydrogen) atoms. The zero-order valence-electron chi connectivity index (χ0n) is 33.4. The fourth-order valence-corrected chi connectivity index (χ4v) is 6.69. The van der Waals surface area contributed by atoms with Gasteiger partial charge in [-0.1, -0.05) is 195 Å². The van der Waals surface area contributed by atoms with E-state index in [0.29, 0.717) is 32.5 Å². The van der Waals surface area contributed by atoms with E-state index in [9.17, 15) is 5.11 Å². The zero-order valence-corrected chi connectivity index (χ0v) is 33.4. The van der Waals surface area contributed by atoms with Crippen molar-refractivity contribution in [3.8, 4) is 0 Å². The Bertz CT molecular complexity index is 586. The molecule has 0 aliphatic carbocycles. The van der Waals surface area contributed by atoms with Crippen LogP contribution in [0.15, 0.2) is 0 Å². The number of hydrogen-bond acceptors (Lipinski definition) is 5. The third-order valence-corrected chi connectivity index (χ3v) is 9.81. The molecule has 0 aromatic heterocycles. The lowest BCUT2D eigenvalue weighted by Gasteiger charge is -2.27. The van der Waals surface area contributed by atoms with E-state index in [1.165, 1.54) is 167 Å². The second-order valence-corrected chi connectivity index (χ2v) is 14.8. The predicted octanol–water partition coefficient (Wildman–Crippen LogP) is 13.3. The van der Waals surface area contributed by atoms with Crippen LogP contribution in [0.25, 0.3) is 0 Å². The molecular weight excluding hydrogens is 596 g/mol. The van der Waals surface area contributed by atoms with Crippen molar-refractivity contribution in [3.05, 3.63) is 0 Å². The third-order valence-electron chi connectivity index (χ3n) is 9.81. The summed E-state index contributed by atoms with van der Waals surface area (Å²) in [5, 5.41) is 9.49. The van der Waals surface area contributed by atoms with E-state index in [2.05, 4.69) is 27.7 Å². The smallest absolute Gasteiger partial charge is 0.151 e. The molecule has 0 spiro atoms. The number of hydrogen-bond donors (Lipinski definition) is 1. The zero-order chi connectivity index (χ0) is 35.2. The van der Waals surface area contributed by atoms with Crippen LogP contribution in [0, 0.1) is 0 Å². The average molecular weight is 685 g/mol. The Labute approximate surface area is 301 Å². The Morgan fingerprint density at radius 2 is 0.729 bits per heavy atom. The molecular formula is C43H88O5. The van der Waals surface area contributed by atoms with Crippen LogP contribution in [-0.2, 0) is 18.9 Å². The molecule has 1 N–H and O–H groups in total. The molecule has 0 rings (SSSR count). The van der Waals surface area contributed by atoms with Crippen LogP contribution >= 0.6 is 0 Å². The molecule has 0 aromatic carbocycles. The first-order valence-electron chi connectivity index (χ1n) is 21.7. The summed E-state index contributed by atoms with van der Waals surface area (Å²) in [5.41, 5.74) is 0. The highest BCUT2D eigenvalue weighted by Crippen LogP contribution is 2.21. The van der Waals surface area contributed by atoms with Gasteiger partial charge >= 0.3 is 0 Å². The van der Waals surface area contributed by atoms with E-state index in [4.69, 9.17) is 18.9 Å². The molecule has 4 atom stereocenters. The van der Waals surface area contributed by atoms with Crippen molar-refractivity contribution < 1.29 is 24.1 Å². The quantitative estimate of drug-likeness (QED) is 0.0513. The summed E-state index contributed by atoms with van der Waals surface area (Å²) in [5.74, 6) is 0. The second-order valence-electron chi connectivity index (χ2n) is 14.8. The average Bonchev–Trinajstić information content (AvgIpc) is 3.08. The molecule has 0 saturated heterocycles. The van der Waals surface area contributed by atoms with Crippen LogP contribution in [0.3, 0.4) is 0 Å². The molecule has 0 aliphatic rings. The Hall–Kier alpha value is -0.200. The number of unbranched alkanes of at least 4 members (excludes halogenated alkanes) is 22. The van der Waals surface area contributed by atoms with Crippen LogP contribution in [0.5, 0.6) is 0 Å². The van der Waals surface area contributed by atoms with Gasteiger partial charge in [0.1, 0.15) is 6.10 Å². The summed E-state index contributed by atoms with van der Waals surface area (Å²) in [6.45, 7) is 12.8. The highest BCUT2D eigenvalue weighted by Gasteiger charge is 2.20. The maximum absolute atomic E-state index is 9.49. The van der Waals surface area contributed by atoms with Crippen molar-refractivity contribution in [1.82, 2.24) is 0 Å². The third kappa shape index (κ3) is 35.6. The highest BCUT2D eigenvalue weighted by atomic mass is 16.6. The van der Waals surface area contributed by atoms with Crippen molar-refractivity contribution in [1.29, 1.82) is 0 Å². The summed E-state index contributed by atoms with van der Waals surface area (Å²) in [6.07, 6.45) is 39.0. The van der Waals surface area contributed by atoms with Crippen LogP contribution in [0.2, 0.25) is 0 Å². The van der Waals surface area contributed by atoms with E-state index in [1.54, 1.807) is 6.92 Å². The number of aliphatic hydroxyl groups excluding tert-OH is 1. The van der Waals surface area contributed by atoms with Crippen LogP contribution < -0.4 is 0 Å². The van der Waals surface area contributed by atoms with E-state index in [-0.39, 0.29) is 12.2 Å². The highest BCUT2D eigenvalue weighted by molar-refractivity contribution is 4.68. The summed E-state index contributed by atoms with van der Waals surface area (Å²) in [6, 6.07) is 0. The van der Waals surface area contributed by atoms with Gasteiger partial charge in [0, 0.05) is 0 Å². The van der Waals surface area contributed by atoms with Crippen molar-refractivity contribution >= 4 is 0 Å². The molecule has 0 fully saturated rings. The normalized spacial score (nSPS) is 14.4. The molecule has 0 aromatic rings. The first kappa shape index (κ1) is 47.8. The van der Waals surface area contributed by atoms with Gasteiger partial charge in [0.2, 0.25) is 0 Å². The van der Waals surface area contributed by atoms with E-state index in [0.717, 1.165) is 25.7 Å². The Kier molecular flexibility index (Phi) is 39.4. The summed E-state index contributed by atoms with van der Waals surface area (Å²) in [7, 11) is 0. The number of ether oxygens (including phenoxy) is 4. The van der Waals surface area contributed by atoms with Crippen molar-refractivity contribution in [2.45, 2.75) is 252 Å². The summed E-state index contributed by atoms with van der Waals surface area (Å²) < 4.78 is 25.0. The maximum Gasteiger partial charge on any atom is 0.151 e. The van der Waals surface area contributed by atoms with Gasteiger partial charge < -0.3 is 24.1 Å². The molecule has 0 radical (unpaired) electrons. The Morgan fingerprint density at radius 3 is 1.10 bits per heavy atom. The standard InChI is InChI=1S/C43H88O5/c1-6-10-14-18-22-26-29-33-41(32-28-24-20-16-12-8-3)47-39-43(38-45-36-37-46-40(5)44)48-42(34-30-25-21-17-13-9-4)35-31-27-23-19-15-11-7-2/h40-44H,6-39H2,1-5H3. The van der Waals surface area contributed by atoms with Gasteiger partial charge in [-0.05, 0) is 32.6 Å². The van der Waals surface area contributed by atoms with Gasteiger partial charge in [0.25, 0.3) is 0 Å². The minimum absolute atomic E-state index is 0.0627. The molecule has 5 nitrogen and oxygen atoms in total. The lowest BCUT2D eigenvalue weighted by molar-refractivity contribution is -0.127. The van der Waals surface area contributed by atoms with Crippen LogP contribution in [0.4, 0.5) is 0 Å². The molecule has 0 aliphatic heterocycles. The van der Waals surface area contributed by atoms with Gasteiger partial charge in [-0.25, -0.2) is 0 Å². The van der Waals surface area contributed by atoms with Crippen molar-refractivity contribution in [2.75, 3.05) is 26.4 Å². The van der Waals surface area contributed by atoms with Gasteiger partial charge in [0.05, 0.1) is 38.6 Å². The molecule has 0 amide bonds. The molecule has 0 heterocycles. The fraction of sp³-hybridized carbons (Fsp3) is 1.00. The lowest BCUT2D eigenvalue weighted by Crippen LogP contribution is -2.33. The van der Waals surface area contributed by atoms with Gasteiger partial charge in [-0.3, -0.25) is 0 Å². The van der Waals surface area contributed by atoms with Crippen LogP contribution in [0.1, 0.15) is 227 Å². The largest absolute Gasteiger partial charge is 0.376 e. The van der Waals surface area contributed by atoms with E-state index in [1.807, 2.05) is 0 Å². The maximum atomic E-state index is 9.49. The second kappa shape index (κ2) is 39.6. The van der Waals surface area contributed by atoms with Crippen LogP contribution in [-0.4, -0.2) is 56.1 Å². The number of rotatable bonds is 41. The Balaban J connectivity index is 5.24. The minimum atomic E-state index is -0.762. The molecule has 290 valence electrons. The molecule has 5 heteroatoms. The van der Waals surface area contributed by atoms with Crippen molar-refractivity contribution in [3.63, 3.8) is 0 Å². The van der Waals surface area contributed by atoms with Crippen molar-refractivity contribution in [2.24, 2.45) is 0 Å². The first-order chi connectivity index (χ1) is 23.6. The SMILES string of the molecule is CCCCCCCCCC(CCCCCCCC)OCC(COCCOC(C)O)OC(CCCCCCCC)CCCCCCCCC. The fourth-order valence-electron chi connectivity index (χ4n) is 6.69. The monoisotopic (exact) mass is 685 g/mol. The molecule has 4 unspecified atom stereocenters. The summed E-state index contributed by atoms with van der Waals surface area (Å²) in [4.78, 5) is 0. The Morgan fingerprint density at radius 1 is 0.375 bits per heavy atom. The van der Waals surface area contributed by atoms with E-state index >= 15 is 0 Å². The molecule has 0 bridgehead atoms. The first-order valence-corrected chi connectivity index (χ1v) is 21.7. The molecule has 0 saturated carbocycles. The van der Waals surface area contributed by atoms with Gasteiger partial charge in [-0.15, -0.1) is 0 Å².